The van der Waals surface area contributed by atoms with Crippen molar-refractivity contribution >= 4 is 23.4 Å². The molecule has 1 aliphatic rings. The topological polar surface area (TPSA) is 66.3 Å². The van der Waals surface area contributed by atoms with Gasteiger partial charge in [-0.15, -0.1) is 0 Å². The quantitative estimate of drug-likeness (QED) is 0.867. The third kappa shape index (κ3) is 2.61. The molecule has 0 bridgehead atoms. The van der Waals surface area contributed by atoms with E-state index in [1.54, 1.807) is 6.20 Å². The van der Waals surface area contributed by atoms with Crippen molar-refractivity contribution in [3.8, 4) is 0 Å². The molecule has 0 spiro atoms. The smallest absolute Gasteiger partial charge is 0.303 e. The number of hydrogen-bond acceptors (Lipinski definition) is 4. The number of carbonyl (C=O) groups is 1. The summed E-state index contributed by atoms with van der Waals surface area (Å²) in [6.45, 7) is 1.52. The highest BCUT2D eigenvalue weighted by atomic mass is 35.5. The van der Waals surface area contributed by atoms with E-state index in [2.05, 4.69) is 9.97 Å². The molecule has 86 valence electrons. The van der Waals surface area contributed by atoms with Crippen molar-refractivity contribution in [2.75, 3.05) is 18.0 Å². The Balaban J connectivity index is 2.00. The highest BCUT2D eigenvalue weighted by molar-refractivity contribution is 6.29. The van der Waals surface area contributed by atoms with Gasteiger partial charge >= 0.3 is 5.97 Å². The third-order valence-electron chi connectivity index (χ3n) is 2.67. The molecule has 1 aromatic heterocycles. The molecule has 2 rings (SSSR count). The first-order valence-electron chi connectivity index (χ1n) is 5.09. The molecule has 2 heterocycles. The van der Waals surface area contributed by atoms with E-state index >= 15 is 0 Å². The van der Waals surface area contributed by atoms with Gasteiger partial charge in [-0.3, -0.25) is 9.78 Å². The number of hydrogen-bond donors (Lipinski definition) is 1. The van der Waals surface area contributed by atoms with E-state index < -0.39 is 5.97 Å². The van der Waals surface area contributed by atoms with Crippen molar-refractivity contribution in [2.24, 2.45) is 5.92 Å². The van der Waals surface area contributed by atoms with E-state index in [1.807, 2.05) is 4.90 Å². The van der Waals surface area contributed by atoms with Gasteiger partial charge in [0.1, 0.15) is 11.0 Å². The molecule has 16 heavy (non-hydrogen) atoms. The number of aromatic nitrogens is 2. The lowest BCUT2D eigenvalue weighted by atomic mass is 10.1. The SMILES string of the molecule is O=C(O)CC1CCN(c2cncc(Cl)n2)C1. The number of anilines is 1. The van der Waals surface area contributed by atoms with E-state index in [-0.39, 0.29) is 12.3 Å². The molecule has 0 amide bonds. The van der Waals surface area contributed by atoms with Crippen LogP contribution in [0.3, 0.4) is 0 Å². The fourth-order valence-corrected chi connectivity index (χ4v) is 2.08. The van der Waals surface area contributed by atoms with Crippen molar-refractivity contribution in [1.29, 1.82) is 0 Å². The highest BCUT2D eigenvalue weighted by Gasteiger charge is 2.25. The number of aliphatic carboxylic acids is 1. The van der Waals surface area contributed by atoms with Crippen LogP contribution in [0.15, 0.2) is 12.4 Å². The van der Waals surface area contributed by atoms with E-state index in [0.29, 0.717) is 11.7 Å². The summed E-state index contributed by atoms with van der Waals surface area (Å²) in [5, 5.41) is 9.07. The molecule has 0 saturated carbocycles. The van der Waals surface area contributed by atoms with Gasteiger partial charge in [-0.05, 0) is 12.3 Å². The predicted molar refractivity (Wildman–Crippen MR) is 59.6 cm³/mol. The zero-order chi connectivity index (χ0) is 11.5. The predicted octanol–water partition coefficient (Wildman–Crippen LogP) is 1.43. The highest BCUT2D eigenvalue weighted by Crippen LogP contribution is 2.24. The average molecular weight is 242 g/mol. The van der Waals surface area contributed by atoms with Crippen LogP contribution < -0.4 is 4.90 Å². The van der Waals surface area contributed by atoms with E-state index in [1.165, 1.54) is 6.20 Å². The lowest BCUT2D eigenvalue weighted by Gasteiger charge is -2.16. The molecule has 6 heteroatoms. The van der Waals surface area contributed by atoms with Gasteiger partial charge < -0.3 is 10.0 Å². The van der Waals surface area contributed by atoms with Crippen LogP contribution in [0.1, 0.15) is 12.8 Å². The minimum atomic E-state index is -0.746. The molecule has 1 saturated heterocycles. The summed E-state index contributed by atoms with van der Waals surface area (Å²) >= 11 is 5.75. The zero-order valence-corrected chi connectivity index (χ0v) is 9.39. The second-order valence-corrected chi connectivity index (χ2v) is 4.29. The maximum Gasteiger partial charge on any atom is 0.303 e. The van der Waals surface area contributed by atoms with Crippen molar-refractivity contribution in [3.63, 3.8) is 0 Å². The Bertz CT molecular complexity index is 399. The van der Waals surface area contributed by atoms with Gasteiger partial charge in [0.2, 0.25) is 0 Å². The number of halogens is 1. The summed E-state index contributed by atoms with van der Waals surface area (Å²) < 4.78 is 0. The Labute approximate surface area is 98.1 Å². The normalized spacial score (nSPS) is 20.1. The van der Waals surface area contributed by atoms with Crippen molar-refractivity contribution in [1.82, 2.24) is 9.97 Å². The van der Waals surface area contributed by atoms with Crippen LogP contribution in [0.2, 0.25) is 5.15 Å². The van der Waals surface area contributed by atoms with E-state index in [0.717, 1.165) is 18.8 Å². The molecule has 1 N–H and O–H groups in total. The molecule has 1 aliphatic heterocycles. The van der Waals surface area contributed by atoms with Crippen molar-refractivity contribution < 1.29 is 9.90 Å². The van der Waals surface area contributed by atoms with Crippen LogP contribution in [-0.2, 0) is 4.79 Å². The number of nitrogens with zero attached hydrogens (tertiary/aromatic N) is 3. The first-order chi connectivity index (χ1) is 7.65. The summed E-state index contributed by atoms with van der Waals surface area (Å²) in [5.41, 5.74) is 0. The van der Waals surface area contributed by atoms with Crippen molar-refractivity contribution in [3.05, 3.63) is 17.5 Å². The maximum atomic E-state index is 10.6. The van der Waals surface area contributed by atoms with Crippen LogP contribution in [0.5, 0.6) is 0 Å². The van der Waals surface area contributed by atoms with Crippen LogP contribution in [0.25, 0.3) is 0 Å². The minimum absolute atomic E-state index is 0.193. The molecular formula is C10H12ClN3O2. The Morgan fingerprint density at radius 2 is 2.44 bits per heavy atom. The molecule has 0 aromatic carbocycles. The molecule has 1 atom stereocenters. The summed E-state index contributed by atoms with van der Waals surface area (Å²) in [7, 11) is 0. The molecule has 5 nitrogen and oxygen atoms in total. The van der Waals surface area contributed by atoms with Crippen molar-refractivity contribution in [2.45, 2.75) is 12.8 Å². The molecule has 0 radical (unpaired) electrons. The largest absolute Gasteiger partial charge is 0.481 e. The maximum absolute atomic E-state index is 10.6. The number of carboxylic acids is 1. The monoisotopic (exact) mass is 241 g/mol. The average Bonchev–Trinajstić information content (AvgIpc) is 2.65. The summed E-state index contributed by atoms with van der Waals surface area (Å²) in [4.78, 5) is 20.7. The lowest BCUT2D eigenvalue weighted by molar-refractivity contribution is -0.137. The third-order valence-corrected chi connectivity index (χ3v) is 2.85. The van der Waals surface area contributed by atoms with Gasteiger partial charge in [0.25, 0.3) is 0 Å². The number of carboxylic acid groups (broad SMARTS) is 1. The Morgan fingerprint density at radius 1 is 1.62 bits per heavy atom. The summed E-state index contributed by atoms with van der Waals surface area (Å²) in [6, 6.07) is 0. The van der Waals surface area contributed by atoms with Gasteiger partial charge in [-0.1, -0.05) is 11.6 Å². The lowest BCUT2D eigenvalue weighted by Crippen LogP contribution is -2.21. The van der Waals surface area contributed by atoms with Crippen LogP contribution in [-0.4, -0.2) is 34.1 Å². The summed E-state index contributed by atoms with van der Waals surface area (Å²) in [5.74, 6) is 0.169. The van der Waals surface area contributed by atoms with E-state index in [4.69, 9.17) is 16.7 Å². The van der Waals surface area contributed by atoms with Gasteiger partial charge in [0, 0.05) is 19.5 Å². The van der Waals surface area contributed by atoms with Gasteiger partial charge in [0.15, 0.2) is 0 Å². The Kier molecular flexibility index (Phi) is 3.24. The Morgan fingerprint density at radius 3 is 3.12 bits per heavy atom. The van der Waals surface area contributed by atoms with Crippen LogP contribution >= 0.6 is 11.6 Å². The minimum Gasteiger partial charge on any atom is -0.481 e. The van der Waals surface area contributed by atoms with Gasteiger partial charge in [0.05, 0.1) is 12.4 Å². The first-order valence-corrected chi connectivity index (χ1v) is 5.47. The van der Waals surface area contributed by atoms with Crippen LogP contribution in [0.4, 0.5) is 5.82 Å². The second-order valence-electron chi connectivity index (χ2n) is 3.90. The fourth-order valence-electron chi connectivity index (χ4n) is 1.94. The first kappa shape index (κ1) is 11.1. The number of rotatable bonds is 3. The Hall–Kier alpha value is -1.36. The molecule has 0 aliphatic carbocycles. The molecule has 1 unspecified atom stereocenters. The zero-order valence-electron chi connectivity index (χ0n) is 8.64. The fraction of sp³-hybridized carbons (Fsp3) is 0.500. The molecule has 1 fully saturated rings. The molecular weight excluding hydrogens is 230 g/mol. The molecule has 1 aromatic rings. The van der Waals surface area contributed by atoms with Crippen LogP contribution in [0, 0.1) is 5.92 Å². The van der Waals surface area contributed by atoms with Gasteiger partial charge in [-0.2, -0.15) is 0 Å². The summed E-state index contributed by atoms with van der Waals surface area (Å²) in [6.07, 6.45) is 4.22. The van der Waals surface area contributed by atoms with E-state index in [9.17, 15) is 4.79 Å². The standard InChI is InChI=1S/C10H12ClN3O2/c11-8-4-12-5-9(13-8)14-2-1-7(6-14)3-10(15)16/h4-5,7H,1-3,6H2,(H,15,16). The second kappa shape index (κ2) is 4.65. The van der Waals surface area contributed by atoms with Gasteiger partial charge in [-0.25, -0.2) is 4.98 Å².